The predicted molar refractivity (Wildman–Crippen MR) is 178 cm³/mol. The summed E-state index contributed by atoms with van der Waals surface area (Å²) in [5.41, 5.74) is 8.86. The molecule has 0 bridgehead atoms. The molecule has 41 heavy (non-hydrogen) atoms. The molecule has 0 atom stereocenters. The standard InChI is InChI=1S/C28H36Cl4N6O2S/c29-11-15-37(16-12-30)25-5-1-23(2-6-25)21-33-35-27(39)9-19-41-20-10-28(40)36-34-22-24-3-7-26(8-4-24)38(17-13-31)18-14-32/h1-8,21-22H,9-20H2,(H,35,39)(H,36,40)/b33-21-,34-22-. The predicted octanol–water partition coefficient (Wildman–Crippen LogP) is 5.37. The summed E-state index contributed by atoms with van der Waals surface area (Å²) in [4.78, 5) is 28.3. The number of nitrogens with one attached hydrogen (secondary N) is 2. The highest BCUT2D eigenvalue weighted by Crippen LogP contribution is 2.16. The van der Waals surface area contributed by atoms with Gasteiger partial charge in [0.05, 0.1) is 12.4 Å². The Morgan fingerprint density at radius 3 is 1.29 bits per heavy atom. The van der Waals surface area contributed by atoms with E-state index < -0.39 is 0 Å². The van der Waals surface area contributed by atoms with Crippen molar-refractivity contribution in [2.75, 3.05) is 71.0 Å². The molecule has 0 fully saturated rings. The summed E-state index contributed by atoms with van der Waals surface area (Å²) >= 11 is 25.0. The fraction of sp³-hybridized carbons (Fsp3) is 0.429. The molecule has 0 spiro atoms. The van der Waals surface area contributed by atoms with Gasteiger partial charge in [0.2, 0.25) is 11.8 Å². The first kappa shape index (κ1) is 35.0. The number of thioether (sulfide) groups is 1. The van der Waals surface area contributed by atoms with Crippen LogP contribution in [-0.4, -0.2) is 85.4 Å². The zero-order valence-electron chi connectivity index (χ0n) is 22.8. The van der Waals surface area contributed by atoms with Crippen LogP contribution in [0.5, 0.6) is 0 Å². The summed E-state index contributed by atoms with van der Waals surface area (Å²) in [7, 11) is 0. The Hall–Kier alpha value is -2.17. The Morgan fingerprint density at radius 1 is 0.634 bits per heavy atom. The number of nitrogens with zero attached hydrogens (tertiary/aromatic N) is 4. The minimum atomic E-state index is -0.186. The van der Waals surface area contributed by atoms with E-state index in [4.69, 9.17) is 46.4 Å². The van der Waals surface area contributed by atoms with Gasteiger partial charge in [-0.15, -0.1) is 46.4 Å². The molecular weight excluding hydrogens is 626 g/mol. The first-order valence-corrected chi connectivity index (χ1v) is 16.5. The molecule has 0 radical (unpaired) electrons. The maximum atomic E-state index is 12.0. The highest BCUT2D eigenvalue weighted by molar-refractivity contribution is 7.99. The average molecular weight is 663 g/mol. The number of alkyl halides is 4. The van der Waals surface area contributed by atoms with Gasteiger partial charge in [-0.05, 0) is 35.4 Å². The maximum absolute atomic E-state index is 12.0. The molecule has 224 valence electrons. The molecule has 2 aromatic carbocycles. The first-order chi connectivity index (χ1) is 20.0. The summed E-state index contributed by atoms with van der Waals surface area (Å²) < 4.78 is 0. The number of rotatable bonds is 20. The Kier molecular flexibility index (Phi) is 18.4. The summed E-state index contributed by atoms with van der Waals surface area (Å²) in [5.74, 6) is 2.88. The third kappa shape index (κ3) is 14.5. The molecule has 0 aliphatic heterocycles. The topological polar surface area (TPSA) is 89.4 Å². The summed E-state index contributed by atoms with van der Waals surface area (Å²) in [6, 6.07) is 15.6. The lowest BCUT2D eigenvalue weighted by Gasteiger charge is -2.22. The van der Waals surface area contributed by atoms with Crippen molar-refractivity contribution in [2.24, 2.45) is 10.2 Å². The van der Waals surface area contributed by atoms with Gasteiger partial charge in [-0.2, -0.15) is 22.0 Å². The van der Waals surface area contributed by atoms with E-state index in [1.165, 1.54) is 11.8 Å². The zero-order chi connectivity index (χ0) is 29.7. The van der Waals surface area contributed by atoms with E-state index >= 15 is 0 Å². The minimum Gasteiger partial charge on any atom is -0.369 e. The highest BCUT2D eigenvalue weighted by atomic mass is 35.5. The van der Waals surface area contributed by atoms with Crippen molar-refractivity contribution in [3.05, 3.63) is 59.7 Å². The van der Waals surface area contributed by atoms with Crippen LogP contribution in [0.1, 0.15) is 24.0 Å². The molecule has 0 heterocycles. The molecule has 0 saturated carbocycles. The lowest BCUT2D eigenvalue weighted by atomic mass is 10.2. The lowest BCUT2D eigenvalue weighted by Crippen LogP contribution is -2.27. The van der Waals surface area contributed by atoms with E-state index in [2.05, 4.69) is 30.9 Å². The fourth-order valence-electron chi connectivity index (χ4n) is 3.59. The van der Waals surface area contributed by atoms with Crippen LogP contribution in [0.2, 0.25) is 0 Å². The van der Waals surface area contributed by atoms with E-state index in [1.807, 2.05) is 48.5 Å². The largest absolute Gasteiger partial charge is 0.369 e. The van der Waals surface area contributed by atoms with Gasteiger partial charge in [-0.1, -0.05) is 24.3 Å². The Bertz CT molecular complexity index is 992. The third-order valence-electron chi connectivity index (χ3n) is 5.69. The Balaban J connectivity index is 1.61. The van der Waals surface area contributed by atoms with Crippen LogP contribution in [0.3, 0.4) is 0 Å². The van der Waals surface area contributed by atoms with E-state index in [1.54, 1.807) is 12.4 Å². The first-order valence-electron chi connectivity index (χ1n) is 13.2. The third-order valence-corrected chi connectivity index (χ3v) is 7.35. The quantitative estimate of drug-likeness (QED) is 0.0863. The number of anilines is 2. The molecule has 2 rings (SSSR count). The second-order valence-electron chi connectivity index (χ2n) is 8.61. The van der Waals surface area contributed by atoms with Crippen LogP contribution in [-0.2, 0) is 9.59 Å². The number of halogens is 4. The SMILES string of the molecule is O=C(CCSCCC(=O)N/N=C\c1ccc(N(CCCl)CCCl)cc1)N/N=C\c1ccc(N(CCCl)CCCl)cc1. The van der Waals surface area contributed by atoms with Crippen molar-refractivity contribution in [1.29, 1.82) is 0 Å². The number of carbonyl (C=O) groups excluding carboxylic acids is 2. The summed E-state index contributed by atoms with van der Waals surface area (Å²) in [5, 5.41) is 8.04. The van der Waals surface area contributed by atoms with Gasteiger partial charge in [0.15, 0.2) is 0 Å². The molecule has 0 unspecified atom stereocenters. The van der Waals surface area contributed by atoms with Crippen LogP contribution in [0.15, 0.2) is 58.7 Å². The minimum absolute atomic E-state index is 0.186. The van der Waals surface area contributed by atoms with E-state index in [0.29, 0.717) is 47.9 Å². The van der Waals surface area contributed by atoms with E-state index in [-0.39, 0.29) is 11.8 Å². The number of amides is 2. The maximum Gasteiger partial charge on any atom is 0.240 e. The second kappa shape index (κ2) is 21.5. The smallest absolute Gasteiger partial charge is 0.240 e. The molecule has 0 saturated heterocycles. The monoisotopic (exact) mass is 660 g/mol. The Morgan fingerprint density at radius 2 is 0.976 bits per heavy atom. The van der Waals surface area contributed by atoms with Gasteiger partial charge in [0, 0.05) is 85.4 Å². The lowest BCUT2D eigenvalue weighted by molar-refractivity contribution is -0.121. The van der Waals surface area contributed by atoms with E-state index in [0.717, 1.165) is 48.7 Å². The second-order valence-corrected chi connectivity index (χ2v) is 11.3. The van der Waals surface area contributed by atoms with Gasteiger partial charge in [0.1, 0.15) is 0 Å². The van der Waals surface area contributed by atoms with Gasteiger partial charge in [-0.3, -0.25) is 9.59 Å². The number of benzene rings is 2. The van der Waals surface area contributed by atoms with Crippen LogP contribution in [0.4, 0.5) is 11.4 Å². The number of hydrogen-bond donors (Lipinski definition) is 2. The van der Waals surface area contributed by atoms with Crippen molar-refractivity contribution in [2.45, 2.75) is 12.8 Å². The van der Waals surface area contributed by atoms with Crippen LogP contribution in [0.25, 0.3) is 0 Å². The number of hydrazone groups is 2. The zero-order valence-corrected chi connectivity index (χ0v) is 26.6. The molecule has 2 N–H and O–H groups in total. The molecule has 2 amide bonds. The molecule has 2 aromatic rings. The van der Waals surface area contributed by atoms with Gasteiger partial charge < -0.3 is 9.80 Å². The van der Waals surface area contributed by atoms with Crippen LogP contribution >= 0.6 is 58.2 Å². The molecule has 8 nitrogen and oxygen atoms in total. The van der Waals surface area contributed by atoms with Gasteiger partial charge in [-0.25, -0.2) is 10.9 Å². The van der Waals surface area contributed by atoms with Crippen molar-refractivity contribution in [3.8, 4) is 0 Å². The molecule has 13 heteroatoms. The molecule has 0 aromatic heterocycles. The van der Waals surface area contributed by atoms with Gasteiger partial charge in [0.25, 0.3) is 0 Å². The molecular formula is C28H36Cl4N6O2S. The average Bonchev–Trinajstić information content (AvgIpc) is 2.97. The Labute approximate surface area is 266 Å². The normalized spacial score (nSPS) is 11.2. The number of hydrogen-bond acceptors (Lipinski definition) is 7. The highest BCUT2D eigenvalue weighted by Gasteiger charge is 2.07. The van der Waals surface area contributed by atoms with Crippen molar-refractivity contribution in [3.63, 3.8) is 0 Å². The van der Waals surface area contributed by atoms with Crippen LogP contribution < -0.4 is 20.7 Å². The summed E-state index contributed by atoms with van der Waals surface area (Å²) in [6.45, 7) is 2.87. The number of carbonyl (C=O) groups is 2. The van der Waals surface area contributed by atoms with Gasteiger partial charge >= 0.3 is 0 Å². The van der Waals surface area contributed by atoms with E-state index in [9.17, 15) is 9.59 Å². The fourth-order valence-corrected chi connectivity index (χ4v) is 5.27. The van der Waals surface area contributed by atoms with Crippen LogP contribution in [0, 0.1) is 0 Å². The van der Waals surface area contributed by atoms with Crippen molar-refractivity contribution >= 4 is 93.8 Å². The summed E-state index contributed by atoms with van der Waals surface area (Å²) in [6.07, 6.45) is 3.80. The van der Waals surface area contributed by atoms with Crippen molar-refractivity contribution < 1.29 is 9.59 Å². The molecule has 0 aliphatic rings. The van der Waals surface area contributed by atoms with Crippen molar-refractivity contribution in [1.82, 2.24) is 10.9 Å². The molecule has 0 aliphatic carbocycles.